The summed E-state index contributed by atoms with van der Waals surface area (Å²) < 4.78 is 35.0. The zero-order valence-electron chi connectivity index (χ0n) is 17.3. The van der Waals surface area contributed by atoms with Crippen molar-refractivity contribution in [2.24, 2.45) is 7.05 Å². The molecule has 0 atom stereocenters. The van der Waals surface area contributed by atoms with Gasteiger partial charge >= 0.3 is 0 Å². The van der Waals surface area contributed by atoms with E-state index in [9.17, 15) is 18.4 Å². The van der Waals surface area contributed by atoms with E-state index in [0.29, 0.717) is 27.6 Å². The third kappa shape index (κ3) is 4.41. The van der Waals surface area contributed by atoms with Crippen LogP contribution in [-0.4, -0.2) is 10.5 Å². The van der Waals surface area contributed by atoms with E-state index in [2.05, 4.69) is 25.1 Å². The lowest BCUT2D eigenvalue weighted by Crippen LogP contribution is -2.16. The van der Waals surface area contributed by atoms with Crippen molar-refractivity contribution in [1.82, 2.24) is 4.57 Å². The Bertz CT molecular complexity index is 1360. The number of allylic oxidation sites excluding steroid dienone is 3. The number of pyridine rings is 1. The van der Waals surface area contributed by atoms with E-state index in [1.165, 1.54) is 16.7 Å². The van der Waals surface area contributed by atoms with Crippen LogP contribution in [0.5, 0.6) is 5.75 Å². The van der Waals surface area contributed by atoms with Crippen LogP contribution in [0.25, 0.3) is 21.9 Å². The molecule has 5 nitrogen and oxygen atoms in total. The summed E-state index contributed by atoms with van der Waals surface area (Å²) in [5.74, 6) is -3.24. The number of aromatic nitrogens is 1. The molecule has 0 saturated heterocycles. The standard InChI is InChI=1S/C25H20F2N2O3.H2/c1-5-21(27)24(15(3)26)32-22-12-11-16(28-23(30)6-2)13-19(22)20-14-29(4)25(31)18-10-8-7-9-17(18)20;/h5-14H,1-3H2,4H3,(H,28,30);1H/b24-21-;. The summed E-state index contributed by atoms with van der Waals surface area (Å²) >= 11 is 0. The van der Waals surface area contributed by atoms with Gasteiger partial charge in [-0.15, -0.1) is 0 Å². The fraction of sp³-hybridized carbons (Fsp3) is 0.0400. The SMILES string of the molecule is C=CC(=O)Nc1ccc(O/C(C(=C)F)=C(\F)C=C)c(-c2cn(C)c(=O)c3ccccc23)c1.[HH]. The summed E-state index contributed by atoms with van der Waals surface area (Å²) in [6, 6.07) is 11.5. The molecule has 0 aliphatic rings. The molecule has 164 valence electrons. The molecule has 0 spiro atoms. The molecule has 0 aliphatic heterocycles. The third-order valence-electron chi connectivity index (χ3n) is 4.67. The van der Waals surface area contributed by atoms with Gasteiger partial charge in [0.25, 0.3) is 5.56 Å². The molecular weight excluding hydrogens is 414 g/mol. The highest BCUT2D eigenvalue weighted by molar-refractivity contribution is 6.01. The van der Waals surface area contributed by atoms with Crippen LogP contribution in [0.3, 0.4) is 0 Å². The molecular formula is C25H22F2N2O3. The number of nitrogens with one attached hydrogen (secondary N) is 1. The van der Waals surface area contributed by atoms with Gasteiger partial charge in [0, 0.05) is 36.9 Å². The number of carbonyl (C=O) groups is 1. The highest BCUT2D eigenvalue weighted by Gasteiger charge is 2.18. The number of ether oxygens (including phenoxy) is 1. The van der Waals surface area contributed by atoms with Crippen molar-refractivity contribution in [2.75, 3.05) is 5.32 Å². The molecule has 1 heterocycles. The van der Waals surface area contributed by atoms with E-state index in [-0.39, 0.29) is 12.7 Å². The van der Waals surface area contributed by atoms with Crippen LogP contribution in [0.2, 0.25) is 0 Å². The minimum absolute atomic E-state index is 0. The molecule has 7 heteroatoms. The summed E-state index contributed by atoms with van der Waals surface area (Å²) in [6.07, 6.45) is 3.50. The number of hydrogen-bond acceptors (Lipinski definition) is 3. The number of halogens is 2. The number of anilines is 1. The van der Waals surface area contributed by atoms with E-state index >= 15 is 0 Å². The Kier molecular flexibility index (Phi) is 6.49. The molecule has 0 fully saturated rings. The minimum Gasteiger partial charge on any atom is -0.451 e. The third-order valence-corrected chi connectivity index (χ3v) is 4.67. The highest BCUT2D eigenvalue weighted by Crippen LogP contribution is 2.38. The van der Waals surface area contributed by atoms with Gasteiger partial charge < -0.3 is 14.6 Å². The van der Waals surface area contributed by atoms with Crippen molar-refractivity contribution in [2.45, 2.75) is 0 Å². The van der Waals surface area contributed by atoms with Gasteiger partial charge in [0.2, 0.25) is 5.91 Å². The first kappa shape index (κ1) is 22.4. The number of aryl methyl sites for hydroxylation is 1. The van der Waals surface area contributed by atoms with Crippen LogP contribution in [0.1, 0.15) is 1.43 Å². The normalized spacial score (nSPS) is 11.5. The fourth-order valence-electron chi connectivity index (χ4n) is 3.17. The van der Waals surface area contributed by atoms with Crippen LogP contribution in [-0.2, 0) is 11.8 Å². The van der Waals surface area contributed by atoms with E-state index in [0.717, 1.165) is 12.2 Å². The first-order valence-corrected chi connectivity index (χ1v) is 9.47. The molecule has 0 radical (unpaired) electrons. The van der Waals surface area contributed by atoms with Gasteiger partial charge in [-0.25, -0.2) is 8.78 Å². The van der Waals surface area contributed by atoms with Crippen LogP contribution in [0.15, 0.2) is 103 Å². The number of hydrogen-bond donors (Lipinski definition) is 1. The Labute approximate surface area is 184 Å². The van der Waals surface area contributed by atoms with Crippen molar-refractivity contribution < 1.29 is 19.7 Å². The number of amides is 1. The summed E-state index contributed by atoms with van der Waals surface area (Å²) in [6.45, 7) is 9.83. The molecule has 0 aliphatic carbocycles. The molecule has 3 aromatic rings. The maximum atomic E-state index is 14.2. The highest BCUT2D eigenvalue weighted by atomic mass is 19.1. The summed E-state index contributed by atoms with van der Waals surface area (Å²) in [7, 11) is 1.59. The van der Waals surface area contributed by atoms with Crippen molar-refractivity contribution in [1.29, 1.82) is 0 Å². The van der Waals surface area contributed by atoms with Gasteiger partial charge in [0.1, 0.15) is 5.75 Å². The lowest BCUT2D eigenvalue weighted by molar-refractivity contribution is -0.111. The zero-order chi connectivity index (χ0) is 23.4. The van der Waals surface area contributed by atoms with Gasteiger partial charge in [0.05, 0.1) is 0 Å². The largest absolute Gasteiger partial charge is 0.451 e. The lowest BCUT2D eigenvalue weighted by atomic mass is 9.99. The van der Waals surface area contributed by atoms with Crippen LogP contribution in [0, 0.1) is 0 Å². The second kappa shape index (κ2) is 9.26. The molecule has 2 aromatic carbocycles. The Morgan fingerprint density at radius 2 is 1.78 bits per heavy atom. The molecule has 0 bridgehead atoms. The van der Waals surface area contributed by atoms with E-state index < -0.39 is 23.3 Å². The van der Waals surface area contributed by atoms with E-state index in [4.69, 9.17) is 4.74 Å². The zero-order valence-corrected chi connectivity index (χ0v) is 17.3. The van der Waals surface area contributed by atoms with Gasteiger partial charge in [-0.3, -0.25) is 9.59 Å². The van der Waals surface area contributed by atoms with Crippen molar-refractivity contribution in [3.63, 3.8) is 0 Å². The summed E-state index contributed by atoms with van der Waals surface area (Å²) in [4.78, 5) is 24.4. The van der Waals surface area contributed by atoms with Crippen molar-refractivity contribution in [3.8, 4) is 16.9 Å². The topological polar surface area (TPSA) is 60.3 Å². The summed E-state index contributed by atoms with van der Waals surface area (Å²) in [5, 5.41) is 3.68. The molecule has 1 amide bonds. The maximum absolute atomic E-state index is 14.2. The number of rotatable bonds is 7. The number of benzene rings is 2. The second-order valence-electron chi connectivity index (χ2n) is 6.80. The van der Waals surface area contributed by atoms with Gasteiger partial charge in [-0.1, -0.05) is 37.9 Å². The van der Waals surface area contributed by atoms with Crippen molar-refractivity contribution >= 4 is 22.4 Å². The molecule has 0 saturated carbocycles. The minimum atomic E-state index is -1.12. The number of fused-ring (bicyclic) bond motifs is 1. The Balaban J connectivity index is 0.00000385. The Morgan fingerprint density at radius 1 is 1.09 bits per heavy atom. The maximum Gasteiger partial charge on any atom is 0.258 e. The smallest absolute Gasteiger partial charge is 0.258 e. The predicted octanol–water partition coefficient (Wildman–Crippen LogP) is 5.81. The van der Waals surface area contributed by atoms with Gasteiger partial charge in [-0.05, 0) is 41.8 Å². The molecule has 0 unspecified atom stereocenters. The van der Waals surface area contributed by atoms with E-state index in [1.807, 2.05) is 0 Å². The molecule has 3 rings (SSSR count). The monoisotopic (exact) mass is 436 g/mol. The van der Waals surface area contributed by atoms with E-state index in [1.54, 1.807) is 43.6 Å². The number of carbonyl (C=O) groups excluding carboxylic acids is 1. The first-order chi connectivity index (χ1) is 15.3. The van der Waals surface area contributed by atoms with Crippen LogP contribution in [0.4, 0.5) is 14.5 Å². The quantitative estimate of drug-likeness (QED) is 0.289. The Morgan fingerprint density at radius 3 is 2.41 bits per heavy atom. The molecule has 32 heavy (non-hydrogen) atoms. The fourth-order valence-corrected chi connectivity index (χ4v) is 3.17. The average molecular weight is 436 g/mol. The number of nitrogens with zero attached hydrogens (tertiary/aromatic N) is 1. The average Bonchev–Trinajstić information content (AvgIpc) is 2.79. The Hall–Kier alpha value is -4.26. The van der Waals surface area contributed by atoms with Gasteiger partial charge in [0.15, 0.2) is 17.4 Å². The summed E-state index contributed by atoms with van der Waals surface area (Å²) in [5.41, 5.74) is 1.12. The predicted molar refractivity (Wildman–Crippen MR) is 125 cm³/mol. The van der Waals surface area contributed by atoms with Crippen LogP contribution < -0.4 is 15.6 Å². The van der Waals surface area contributed by atoms with Crippen molar-refractivity contribution in [3.05, 3.63) is 108 Å². The van der Waals surface area contributed by atoms with Gasteiger partial charge in [-0.2, -0.15) is 0 Å². The first-order valence-electron chi connectivity index (χ1n) is 9.47. The molecule has 1 aromatic heterocycles. The van der Waals surface area contributed by atoms with Crippen LogP contribution >= 0.6 is 0 Å². The lowest BCUT2D eigenvalue weighted by Gasteiger charge is -2.17. The second-order valence-corrected chi connectivity index (χ2v) is 6.80. The molecule has 1 N–H and O–H groups in total.